The Labute approximate surface area is 106 Å². The van der Waals surface area contributed by atoms with Crippen LogP contribution in [0.2, 0.25) is 0 Å². The number of ether oxygens (including phenoxy) is 2. The highest BCUT2D eigenvalue weighted by molar-refractivity contribution is 5.91. The number of carbonyl (C=O) groups is 1. The number of terminal acetylenes is 1. The van der Waals surface area contributed by atoms with E-state index in [9.17, 15) is 4.79 Å². The van der Waals surface area contributed by atoms with Gasteiger partial charge in [0.25, 0.3) is 0 Å². The van der Waals surface area contributed by atoms with E-state index >= 15 is 0 Å². The summed E-state index contributed by atoms with van der Waals surface area (Å²) in [6.07, 6.45) is 5.00. The molecule has 1 aromatic rings. The fraction of sp³-hybridized carbons (Fsp3) is 0.214. The van der Waals surface area contributed by atoms with Gasteiger partial charge in [-0.05, 0) is 30.7 Å². The van der Waals surface area contributed by atoms with E-state index in [1.54, 1.807) is 12.1 Å². The van der Waals surface area contributed by atoms with Crippen molar-refractivity contribution in [3.05, 3.63) is 35.9 Å². The molecule has 0 radical (unpaired) electrons. The third-order valence-electron chi connectivity index (χ3n) is 2.01. The summed E-state index contributed by atoms with van der Waals surface area (Å²) in [6.45, 7) is 5.89. The Bertz CT molecular complexity index is 500. The smallest absolute Gasteiger partial charge is 0.339 e. The second-order valence-corrected chi connectivity index (χ2v) is 3.78. The van der Waals surface area contributed by atoms with Crippen LogP contribution in [0.1, 0.15) is 17.3 Å². The molecule has 94 valence electrons. The quantitative estimate of drug-likeness (QED) is 0.373. The number of nitrogens with two attached hydrogens (primary N) is 1. The maximum absolute atomic E-state index is 11.5. The van der Waals surface area contributed by atoms with Gasteiger partial charge < -0.3 is 15.2 Å². The fourth-order valence-corrected chi connectivity index (χ4v) is 1.20. The Hall–Kier alpha value is -2.41. The van der Waals surface area contributed by atoms with Crippen molar-refractivity contribution in [1.82, 2.24) is 0 Å². The van der Waals surface area contributed by atoms with Crippen LogP contribution in [0.25, 0.3) is 0 Å². The number of anilines is 1. The highest BCUT2D eigenvalue weighted by Gasteiger charge is 2.09. The Kier molecular flexibility index (Phi) is 4.82. The molecule has 0 saturated heterocycles. The number of carbonyl (C=O) groups excluding carboxylic acids is 1. The molecule has 4 heteroatoms. The average molecular weight is 245 g/mol. The fourth-order valence-electron chi connectivity index (χ4n) is 1.20. The first-order valence-corrected chi connectivity index (χ1v) is 5.32. The van der Waals surface area contributed by atoms with Crippen LogP contribution in [0.4, 0.5) is 5.69 Å². The summed E-state index contributed by atoms with van der Waals surface area (Å²) in [4.78, 5) is 11.5. The topological polar surface area (TPSA) is 61.5 Å². The number of hydrogen-bond donors (Lipinski definition) is 1. The molecular formula is C14H15NO3. The lowest BCUT2D eigenvalue weighted by atomic mass is 10.2. The maximum Gasteiger partial charge on any atom is 0.339 e. The van der Waals surface area contributed by atoms with Crippen LogP contribution < -0.4 is 10.5 Å². The van der Waals surface area contributed by atoms with Gasteiger partial charge in [-0.25, -0.2) is 4.79 Å². The molecule has 0 aromatic heterocycles. The summed E-state index contributed by atoms with van der Waals surface area (Å²) < 4.78 is 10.2. The van der Waals surface area contributed by atoms with Crippen molar-refractivity contribution < 1.29 is 14.3 Å². The van der Waals surface area contributed by atoms with Crippen molar-refractivity contribution in [2.24, 2.45) is 0 Å². The van der Waals surface area contributed by atoms with Crippen molar-refractivity contribution in [2.45, 2.75) is 6.92 Å². The molecule has 0 atom stereocenters. The molecule has 2 N–H and O–H groups in total. The first kappa shape index (κ1) is 13.7. The van der Waals surface area contributed by atoms with Crippen LogP contribution in [0.5, 0.6) is 5.75 Å². The average Bonchev–Trinajstić information content (AvgIpc) is 2.34. The molecule has 0 amide bonds. The van der Waals surface area contributed by atoms with E-state index in [1.807, 2.05) is 6.92 Å². The molecule has 0 heterocycles. The maximum atomic E-state index is 11.5. The predicted molar refractivity (Wildman–Crippen MR) is 70.3 cm³/mol. The van der Waals surface area contributed by atoms with Crippen LogP contribution in [-0.2, 0) is 4.74 Å². The standard InChI is InChI=1S/C14H15NO3/c1-4-7-17-14(16)11-5-6-13(12(15)8-11)18-9-10(2)3/h1,5-6,8H,2,7,9,15H2,3H3. The lowest BCUT2D eigenvalue weighted by Crippen LogP contribution is -2.07. The third-order valence-corrected chi connectivity index (χ3v) is 2.01. The highest BCUT2D eigenvalue weighted by Crippen LogP contribution is 2.23. The Morgan fingerprint density at radius 1 is 1.56 bits per heavy atom. The number of hydrogen-bond acceptors (Lipinski definition) is 4. The van der Waals surface area contributed by atoms with E-state index in [2.05, 4.69) is 12.5 Å². The molecule has 18 heavy (non-hydrogen) atoms. The normalized spacial score (nSPS) is 9.33. The van der Waals surface area contributed by atoms with Gasteiger partial charge in [0, 0.05) is 0 Å². The van der Waals surface area contributed by atoms with Crippen molar-refractivity contribution in [3.63, 3.8) is 0 Å². The van der Waals surface area contributed by atoms with Crippen LogP contribution >= 0.6 is 0 Å². The summed E-state index contributed by atoms with van der Waals surface area (Å²) in [6, 6.07) is 4.68. The first-order chi connectivity index (χ1) is 8.54. The molecule has 0 aliphatic heterocycles. The van der Waals surface area contributed by atoms with Gasteiger partial charge >= 0.3 is 5.97 Å². The van der Waals surface area contributed by atoms with Crippen molar-refractivity contribution in [3.8, 4) is 18.1 Å². The van der Waals surface area contributed by atoms with Gasteiger partial charge in [-0.1, -0.05) is 12.5 Å². The van der Waals surface area contributed by atoms with E-state index in [4.69, 9.17) is 21.6 Å². The minimum absolute atomic E-state index is 0.0628. The molecule has 0 spiro atoms. The summed E-state index contributed by atoms with van der Waals surface area (Å²) in [5.41, 5.74) is 7.36. The number of rotatable bonds is 5. The molecule has 0 bridgehead atoms. The van der Waals surface area contributed by atoms with Crippen molar-refractivity contribution in [1.29, 1.82) is 0 Å². The molecule has 1 aromatic carbocycles. The third kappa shape index (κ3) is 3.87. The molecule has 0 fully saturated rings. The van der Waals surface area contributed by atoms with Gasteiger partial charge in [0.15, 0.2) is 6.61 Å². The highest BCUT2D eigenvalue weighted by atomic mass is 16.5. The zero-order valence-electron chi connectivity index (χ0n) is 10.2. The monoisotopic (exact) mass is 245 g/mol. The summed E-state index contributed by atoms with van der Waals surface area (Å²) in [7, 11) is 0. The van der Waals surface area contributed by atoms with E-state index < -0.39 is 5.97 Å². The van der Waals surface area contributed by atoms with Crippen molar-refractivity contribution in [2.75, 3.05) is 18.9 Å². The molecule has 0 saturated carbocycles. The zero-order valence-corrected chi connectivity index (χ0v) is 10.2. The number of esters is 1. The molecule has 4 nitrogen and oxygen atoms in total. The van der Waals surface area contributed by atoms with Crippen LogP contribution in [0.15, 0.2) is 30.4 Å². The molecular weight excluding hydrogens is 230 g/mol. The summed E-state index contributed by atoms with van der Waals surface area (Å²) in [5.74, 6) is 2.22. The number of nitrogen functional groups attached to an aromatic ring is 1. The first-order valence-electron chi connectivity index (χ1n) is 5.32. The molecule has 0 aliphatic rings. The summed E-state index contributed by atoms with van der Waals surface area (Å²) >= 11 is 0. The van der Waals surface area contributed by atoms with Gasteiger partial charge in [0.2, 0.25) is 0 Å². The second-order valence-electron chi connectivity index (χ2n) is 3.78. The van der Waals surface area contributed by atoms with E-state index in [-0.39, 0.29) is 6.61 Å². The molecule has 0 unspecified atom stereocenters. The van der Waals surface area contributed by atoms with Gasteiger partial charge in [-0.3, -0.25) is 0 Å². The number of benzene rings is 1. The molecule has 0 aliphatic carbocycles. The Morgan fingerprint density at radius 2 is 2.28 bits per heavy atom. The lowest BCUT2D eigenvalue weighted by Gasteiger charge is -2.09. The van der Waals surface area contributed by atoms with Gasteiger partial charge in [0.1, 0.15) is 12.4 Å². The van der Waals surface area contributed by atoms with E-state index in [0.717, 1.165) is 5.57 Å². The molecule has 1 rings (SSSR count). The SMILES string of the molecule is C#CCOC(=O)c1ccc(OCC(=C)C)c(N)c1. The van der Waals surface area contributed by atoms with E-state index in [1.165, 1.54) is 6.07 Å². The Balaban J connectivity index is 2.76. The Morgan fingerprint density at radius 3 is 2.83 bits per heavy atom. The van der Waals surface area contributed by atoms with Crippen molar-refractivity contribution >= 4 is 11.7 Å². The van der Waals surface area contributed by atoms with Gasteiger partial charge in [-0.2, -0.15) is 0 Å². The summed E-state index contributed by atoms with van der Waals surface area (Å²) in [5, 5.41) is 0. The zero-order chi connectivity index (χ0) is 13.5. The largest absolute Gasteiger partial charge is 0.487 e. The minimum atomic E-state index is -0.508. The second kappa shape index (κ2) is 6.36. The van der Waals surface area contributed by atoms with Gasteiger partial charge in [0.05, 0.1) is 11.3 Å². The lowest BCUT2D eigenvalue weighted by molar-refractivity contribution is 0.0557. The predicted octanol–water partition coefficient (Wildman–Crippen LogP) is 2.01. The van der Waals surface area contributed by atoms with Crippen LogP contribution in [-0.4, -0.2) is 19.2 Å². The van der Waals surface area contributed by atoms with E-state index in [0.29, 0.717) is 23.6 Å². The van der Waals surface area contributed by atoms with Crippen LogP contribution in [0.3, 0.4) is 0 Å². The minimum Gasteiger partial charge on any atom is -0.487 e. The van der Waals surface area contributed by atoms with Gasteiger partial charge in [-0.15, -0.1) is 6.42 Å². The van der Waals surface area contributed by atoms with Crippen LogP contribution in [0, 0.1) is 12.3 Å².